The van der Waals surface area contributed by atoms with Crippen molar-refractivity contribution in [3.8, 4) is 0 Å². The summed E-state index contributed by atoms with van der Waals surface area (Å²) in [5.74, 6) is 0. The fourth-order valence-electron chi connectivity index (χ4n) is 0.547. The normalized spacial score (nSPS) is 14.1. The van der Waals surface area contributed by atoms with E-state index in [1.54, 1.807) is 0 Å². The van der Waals surface area contributed by atoms with Gasteiger partial charge in [-0.25, -0.2) is 0 Å². The molecule has 44 valence electrons. The molecular weight excluding hydrogens is 86.1 g/mol. The Morgan fingerprint density at radius 3 is 2.29 bits per heavy atom. The van der Waals surface area contributed by atoms with E-state index in [-0.39, 0.29) is 0 Å². The van der Waals surface area contributed by atoms with Crippen molar-refractivity contribution in [2.24, 2.45) is 0 Å². The smallest absolute Gasteiger partial charge is 0.0576 e. The number of nitrogens with zero attached hydrogens (tertiary/aromatic N) is 1. The Hall–Kier alpha value is -0.0400. The Kier molecular flexibility index (Phi) is 4.10. The van der Waals surface area contributed by atoms with Gasteiger partial charge >= 0.3 is 0 Å². The Labute approximate surface area is 46.1 Å². The Morgan fingerprint density at radius 1 is 1.57 bits per heavy atom. The zero-order chi connectivity index (χ0) is 5.70. The Morgan fingerprint density at radius 2 is 2.14 bits per heavy atom. The molecule has 7 heavy (non-hydrogen) atoms. The van der Waals surface area contributed by atoms with Crippen LogP contribution in [0.1, 0.15) is 26.7 Å². The predicted octanol–water partition coefficient (Wildman–Crippen LogP) is 2.18. The van der Waals surface area contributed by atoms with Crippen molar-refractivity contribution in [2.75, 3.05) is 7.05 Å². The largest absolute Gasteiger partial charge is 0.662 e. The summed E-state index contributed by atoms with van der Waals surface area (Å²) in [5.41, 5.74) is 0. The van der Waals surface area contributed by atoms with Crippen LogP contribution in [0.15, 0.2) is 0 Å². The molecule has 1 heteroatoms. The first-order valence-electron chi connectivity index (χ1n) is 2.90. The molecule has 0 rings (SSSR count). The van der Waals surface area contributed by atoms with Gasteiger partial charge in [0.25, 0.3) is 0 Å². The zero-order valence-corrected chi connectivity index (χ0v) is 5.44. The van der Waals surface area contributed by atoms with Gasteiger partial charge in [0.2, 0.25) is 0 Å². The molecule has 0 fully saturated rings. The second-order valence-corrected chi connectivity index (χ2v) is 1.90. The highest BCUT2D eigenvalue weighted by molar-refractivity contribution is 4.80. The number of rotatable bonds is 3. The van der Waals surface area contributed by atoms with Crippen molar-refractivity contribution < 1.29 is 0 Å². The lowest BCUT2D eigenvalue weighted by Gasteiger charge is -2.21. The maximum atomic E-state index is 4.08. The van der Waals surface area contributed by atoms with Gasteiger partial charge in [0.05, 0.1) is 0 Å². The lowest BCUT2D eigenvalue weighted by Crippen LogP contribution is -1.95. The minimum Gasteiger partial charge on any atom is -0.662 e. The summed E-state index contributed by atoms with van der Waals surface area (Å²) in [6.07, 6.45) is 2.48. The van der Waals surface area contributed by atoms with Gasteiger partial charge < -0.3 is 5.32 Å². The highest BCUT2D eigenvalue weighted by Crippen LogP contribution is 2.02. The molecular formula is C6H14N-. The van der Waals surface area contributed by atoms with Gasteiger partial charge in [0.1, 0.15) is 0 Å². The van der Waals surface area contributed by atoms with Crippen LogP contribution < -0.4 is 0 Å². The van der Waals surface area contributed by atoms with Crippen LogP contribution in [0.3, 0.4) is 0 Å². The minimum atomic E-state index is 0.574. The van der Waals surface area contributed by atoms with Gasteiger partial charge in [-0.1, -0.05) is 26.7 Å². The number of hydrogen-bond acceptors (Lipinski definition) is 0. The molecule has 0 spiro atoms. The van der Waals surface area contributed by atoms with Gasteiger partial charge in [-0.05, 0) is 0 Å². The Balaban J connectivity index is 2.83. The van der Waals surface area contributed by atoms with Gasteiger partial charge in [-0.3, -0.25) is 0 Å². The molecule has 0 saturated carbocycles. The highest BCUT2D eigenvalue weighted by Gasteiger charge is 1.80. The van der Waals surface area contributed by atoms with Crippen molar-refractivity contribution in [1.29, 1.82) is 0 Å². The third-order valence-electron chi connectivity index (χ3n) is 1.15. The summed E-state index contributed by atoms with van der Waals surface area (Å²) in [6.45, 7) is 4.32. The third kappa shape index (κ3) is 3.80. The van der Waals surface area contributed by atoms with Crippen LogP contribution in [0.4, 0.5) is 0 Å². The molecule has 1 nitrogen and oxygen atoms in total. The lowest BCUT2D eigenvalue weighted by atomic mass is 10.2. The molecule has 0 radical (unpaired) electrons. The quantitative estimate of drug-likeness (QED) is 0.516. The van der Waals surface area contributed by atoms with Crippen LogP contribution in [-0.2, 0) is 0 Å². The summed E-state index contributed by atoms with van der Waals surface area (Å²) in [5, 5.41) is 4.08. The minimum absolute atomic E-state index is 0.574. The average molecular weight is 100 g/mol. The second kappa shape index (κ2) is 4.13. The lowest BCUT2D eigenvalue weighted by molar-refractivity contribution is 0.706. The fourth-order valence-corrected chi connectivity index (χ4v) is 0.547. The summed E-state index contributed by atoms with van der Waals surface area (Å²) in [6, 6.07) is 0.574. The molecule has 0 bridgehead atoms. The zero-order valence-electron chi connectivity index (χ0n) is 5.44. The fraction of sp³-hybridized carbons (Fsp3) is 1.00. The van der Waals surface area contributed by atoms with E-state index >= 15 is 0 Å². The molecule has 1 unspecified atom stereocenters. The topological polar surface area (TPSA) is 14.1 Å². The van der Waals surface area contributed by atoms with E-state index < -0.39 is 0 Å². The Bertz CT molecular complexity index is 35.2. The summed E-state index contributed by atoms with van der Waals surface area (Å²) in [4.78, 5) is 0. The maximum absolute atomic E-state index is 4.08. The van der Waals surface area contributed by atoms with E-state index in [0.29, 0.717) is 6.04 Å². The van der Waals surface area contributed by atoms with Crippen LogP contribution in [0.5, 0.6) is 0 Å². The van der Waals surface area contributed by atoms with Crippen LogP contribution in [0.2, 0.25) is 0 Å². The molecule has 0 aromatic heterocycles. The van der Waals surface area contributed by atoms with Crippen LogP contribution in [0, 0.1) is 0 Å². The molecule has 0 aliphatic heterocycles. The summed E-state index contributed by atoms with van der Waals surface area (Å²) >= 11 is 0. The molecule has 0 aromatic rings. The van der Waals surface area contributed by atoms with E-state index in [0.717, 1.165) is 0 Å². The van der Waals surface area contributed by atoms with Crippen molar-refractivity contribution in [3.05, 3.63) is 5.32 Å². The first kappa shape index (κ1) is 6.96. The predicted molar refractivity (Wildman–Crippen MR) is 33.7 cm³/mol. The molecule has 0 aromatic carbocycles. The van der Waals surface area contributed by atoms with Crippen LogP contribution >= 0.6 is 0 Å². The standard InChI is InChI=1S/C6H14N/c1-4-5-6(2)7-3/h6H,4-5H2,1-3H3/q-1. The van der Waals surface area contributed by atoms with Crippen molar-refractivity contribution in [3.63, 3.8) is 0 Å². The van der Waals surface area contributed by atoms with Crippen molar-refractivity contribution in [1.82, 2.24) is 0 Å². The summed E-state index contributed by atoms with van der Waals surface area (Å²) in [7, 11) is 1.88. The maximum Gasteiger partial charge on any atom is -0.0576 e. The first-order chi connectivity index (χ1) is 3.31. The van der Waals surface area contributed by atoms with Crippen molar-refractivity contribution >= 4 is 0 Å². The van der Waals surface area contributed by atoms with Crippen LogP contribution in [-0.4, -0.2) is 13.1 Å². The number of hydrogen-bond donors (Lipinski definition) is 0. The van der Waals surface area contributed by atoms with E-state index in [1.807, 2.05) is 7.05 Å². The molecule has 0 aliphatic rings. The highest BCUT2D eigenvalue weighted by atomic mass is 14.8. The molecule has 0 amide bonds. The molecule has 0 saturated heterocycles. The monoisotopic (exact) mass is 100 g/mol. The second-order valence-electron chi connectivity index (χ2n) is 1.90. The SMILES string of the molecule is CCCC(C)[N-]C. The molecule has 1 atom stereocenters. The van der Waals surface area contributed by atoms with Gasteiger partial charge in [0, 0.05) is 0 Å². The van der Waals surface area contributed by atoms with Crippen molar-refractivity contribution in [2.45, 2.75) is 32.7 Å². The molecule has 0 aliphatic carbocycles. The molecule has 0 heterocycles. The summed E-state index contributed by atoms with van der Waals surface area (Å²) < 4.78 is 0. The molecule has 0 N–H and O–H groups in total. The van der Waals surface area contributed by atoms with E-state index in [2.05, 4.69) is 19.2 Å². The van der Waals surface area contributed by atoms with Gasteiger partial charge in [-0.15, -0.1) is 6.04 Å². The first-order valence-corrected chi connectivity index (χ1v) is 2.90. The van der Waals surface area contributed by atoms with Gasteiger partial charge in [0.15, 0.2) is 0 Å². The average Bonchev–Trinajstić information content (AvgIpc) is 1.68. The van der Waals surface area contributed by atoms with E-state index in [9.17, 15) is 0 Å². The van der Waals surface area contributed by atoms with Gasteiger partial charge in [-0.2, -0.15) is 7.05 Å². The van der Waals surface area contributed by atoms with Crippen LogP contribution in [0.25, 0.3) is 5.32 Å². The third-order valence-corrected chi connectivity index (χ3v) is 1.15. The van der Waals surface area contributed by atoms with E-state index in [4.69, 9.17) is 0 Å². The van der Waals surface area contributed by atoms with E-state index in [1.165, 1.54) is 12.8 Å².